The Hall–Kier alpha value is -2.71. The quantitative estimate of drug-likeness (QED) is 0.527. The van der Waals surface area contributed by atoms with Crippen molar-refractivity contribution in [3.8, 4) is 0 Å². The van der Waals surface area contributed by atoms with Gasteiger partial charge in [-0.1, -0.05) is 29.8 Å². The van der Waals surface area contributed by atoms with E-state index in [2.05, 4.69) is 35.8 Å². The molecule has 176 valence electrons. The van der Waals surface area contributed by atoms with E-state index < -0.39 is 10.0 Å². The van der Waals surface area contributed by atoms with E-state index in [0.29, 0.717) is 24.9 Å². The van der Waals surface area contributed by atoms with E-state index in [1.54, 1.807) is 18.2 Å². The van der Waals surface area contributed by atoms with Gasteiger partial charge in [0, 0.05) is 40.0 Å². The summed E-state index contributed by atoms with van der Waals surface area (Å²) < 4.78 is 28.3. The third kappa shape index (κ3) is 4.54. The fourth-order valence-electron chi connectivity index (χ4n) is 4.64. The lowest BCUT2D eigenvalue weighted by Crippen LogP contribution is -2.30. The Morgan fingerprint density at radius 3 is 2.55 bits per heavy atom. The van der Waals surface area contributed by atoms with Crippen molar-refractivity contribution in [3.63, 3.8) is 0 Å². The van der Waals surface area contributed by atoms with Gasteiger partial charge in [-0.15, -0.1) is 0 Å². The minimum atomic E-state index is -3.53. The molecule has 1 fully saturated rings. The molecule has 1 atom stereocenters. The number of imidazole rings is 1. The van der Waals surface area contributed by atoms with E-state index in [0.717, 1.165) is 30.7 Å². The van der Waals surface area contributed by atoms with Gasteiger partial charge in [0.2, 0.25) is 15.9 Å². The summed E-state index contributed by atoms with van der Waals surface area (Å²) in [6.07, 6.45) is 2.91. The molecule has 4 rings (SSSR count). The maximum Gasteiger partial charge on any atom is 0.242 e. The molecule has 7 nitrogen and oxygen atoms in total. The summed E-state index contributed by atoms with van der Waals surface area (Å²) in [7, 11) is -0.493. The SMILES string of the molecule is CCn1c(CCC(=O)N2CCCC2c2ccc(C)cc2)nc2cc(S(=O)(=O)N(C)C)ccc21. The average molecular weight is 469 g/mol. The Morgan fingerprint density at radius 2 is 1.88 bits per heavy atom. The van der Waals surface area contributed by atoms with Crippen LogP contribution < -0.4 is 0 Å². The highest BCUT2D eigenvalue weighted by molar-refractivity contribution is 7.89. The number of hydrogen-bond acceptors (Lipinski definition) is 4. The Balaban J connectivity index is 1.53. The Labute approximate surface area is 196 Å². The monoisotopic (exact) mass is 468 g/mol. The zero-order valence-electron chi connectivity index (χ0n) is 19.8. The molecular weight excluding hydrogens is 436 g/mol. The molecular formula is C25H32N4O3S. The number of benzene rings is 2. The summed E-state index contributed by atoms with van der Waals surface area (Å²) in [5.41, 5.74) is 3.94. The highest BCUT2D eigenvalue weighted by Crippen LogP contribution is 2.33. The largest absolute Gasteiger partial charge is 0.336 e. The van der Waals surface area contributed by atoms with Crippen LogP contribution in [0.15, 0.2) is 47.4 Å². The number of sulfonamides is 1. The third-order valence-electron chi connectivity index (χ3n) is 6.49. The predicted molar refractivity (Wildman–Crippen MR) is 129 cm³/mol. The van der Waals surface area contributed by atoms with Crippen molar-refractivity contribution in [3.05, 3.63) is 59.4 Å². The van der Waals surface area contributed by atoms with Gasteiger partial charge in [-0.05, 0) is 50.5 Å². The first-order valence-electron chi connectivity index (χ1n) is 11.5. The van der Waals surface area contributed by atoms with Crippen LogP contribution in [-0.2, 0) is 27.8 Å². The summed E-state index contributed by atoms with van der Waals surface area (Å²) in [6.45, 7) is 5.59. The summed E-state index contributed by atoms with van der Waals surface area (Å²) in [6, 6.07) is 13.6. The number of fused-ring (bicyclic) bond motifs is 1. The Morgan fingerprint density at radius 1 is 1.15 bits per heavy atom. The lowest BCUT2D eigenvalue weighted by Gasteiger charge is -2.25. The average Bonchev–Trinajstić information content (AvgIpc) is 3.41. The lowest BCUT2D eigenvalue weighted by atomic mass is 10.0. The number of aromatic nitrogens is 2. The normalized spacial score (nSPS) is 16.8. The Kier molecular flexibility index (Phi) is 6.59. The van der Waals surface area contributed by atoms with Crippen molar-refractivity contribution in [1.29, 1.82) is 0 Å². The van der Waals surface area contributed by atoms with Gasteiger partial charge in [0.05, 0.1) is 22.0 Å². The van der Waals surface area contributed by atoms with Gasteiger partial charge in [-0.2, -0.15) is 0 Å². The van der Waals surface area contributed by atoms with Crippen molar-refractivity contribution in [2.45, 2.75) is 57.0 Å². The number of rotatable bonds is 7. The predicted octanol–water partition coefficient (Wildman–Crippen LogP) is 3.91. The van der Waals surface area contributed by atoms with Crippen LogP contribution in [0, 0.1) is 6.92 Å². The molecule has 0 radical (unpaired) electrons. The molecule has 1 aliphatic rings. The number of aryl methyl sites for hydroxylation is 3. The second-order valence-electron chi connectivity index (χ2n) is 8.87. The topological polar surface area (TPSA) is 75.5 Å². The maximum absolute atomic E-state index is 13.1. The molecule has 33 heavy (non-hydrogen) atoms. The molecule has 0 N–H and O–H groups in total. The minimum absolute atomic E-state index is 0.141. The highest BCUT2D eigenvalue weighted by atomic mass is 32.2. The number of amides is 1. The first-order chi connectivity index (χ1) is 15.7. The fraction of sp³-hybridized carbons (Fsp3) is 0.440. The standard InChI is InChI=1S/C25H32N4O3S/c1-5-28-23-13-12-20(33(31,32)27(3)4)17-21(23)26-24(28)14-15-25(30)29-16-6-7-22(29)19-10-8-18(2)9-11-19/h8-13,17,22H,5-7,14-16H2,1-4H3. The molecule has 1 unspecified atom stereocenters. The highest BCUT2D eigenvalue weighted by Gasteiger charge is 2.30. The molecule has 1 aliphatic heterocycles. The fourth-order valence-corrected chi connectivity index (χ4v) is 5.56. The van der Waals surface area contributed by atoms with Crippen LogP contribution in [0.4, 0.5) is 0 Å². The molecule has 0 spiro atoms. The molecule has 3 aromatic rings. The number of carbonyl (C=O) groups is 1. The van der Waals surface area contributed by atoms with E-state index in [9.17, 15) is 13.2 Å². The van der Waals surface area contributed by atoms with Crippen LogP contribution in [0.25, 0.3) is 11.0 Å². The van der Waals surface area contributed by atoms with Crippen LogP contribution >= 0.6 is 0 Å². The van der Waals surface area contributed by atoms with Gasteiger partial charge >= 0.3 is 0 Å². The van der Waals surface area contributed by atoms with E-state index in [1.165, 1.54) is 29.5 Å². The smallest absolute Gasteiger partial charge is 0.242 e. The van der Waals surface area contributed by atoms with Gasteiger partial charge in [-0.3, -0.25) is 4.79 Å². The van der Waals surface area contributed by atoms with Crippen LogP contribution in [-0.4, -0.2) is 53.7 Å². The summed E-state index contributed by atoms with van der Waals surface area (Å²) >= 11 is 0. The zero-order valence-corrected chi connectivity index (χ0v) is 20.6. The van der Waals surface area contributed by atoms with Crippen molar-refractivity contribution in [1.82, 2.24) is 18.8 Å². The van der Waals surface area contributed by atoms with Gasteiger partial charge < -0.3 is 9.47 Å². The molecule has 0 bridgehead atoms. The summed E-state index contributed by atoms with van der Waals surface area (Å²) in [5, 5.41) is 0. The van der Waals surface area contributed by atoms with Crippen molar-refractivity contribution >= 4 is 27.0 Å². The third-order valence-corrected chi connectivity index (χ3v) is 8.30. The zero-order chi connectivity index (χ0) is 23.8. The van der Waals surface area contributed by atoms with Crippen LogP contribution in [0.2, 0.25) is 0 Å². The van der Waals surface area contributed by atoms with Crippen molar-refractivity contribution in [2.24, 2.45) is 0 Å². The number of nitrogens with zero attached hydrogens (tertiary/aromatic N) is 4. The van der Waals surface area contributed by atoms with Crippen LogP contribution in [0.1, 0.15) is 49.2 Å². The van der Waals surface area contributed by atoms with Gasteiger partial charge in [0.1, 0.15) is 5.82 Å². The Bertz CT molecular complexity index is 1260. The number of hydrogen-bond donors (Lipinski definition) is 0. The summed E-state index contributed by atoms with van der Waals surface area (Å²) in [5.74, 6) is 0.954. The molecule has 0 saturated carbocycles. The second kappa shape index (κ2) is 9.27. The number of likely N-dealkylation sites (tertiary alicyclic amines) is 1. The van der Waals surface area contributed by atoms with Gasteiger partial charge in [0.25, 0.3) is 0 Å². The first-order valence-corrected chi connectivity index (χ1v) is 12.9. The van der Waals surface area contributed by atoms with Crippen LogP contribution in [0.5, 0.6) is 0 Å². The molecule has 2 heterocycles. The van der Waals surface area contributed by atoms with E-state index >= 15 is 0 Å². The molecule has 0 aliphatic carbocycles. The minimum Gasteiger partial charge on any atom is -0.336 e. The maximum atomic E-state index is 13.1. The van der Waals surface area contributed by atoms with E-state index in [-0.39, 0.29) is 16.8 Å². The second-order valence-corrected chi connectivity index (χ2v) is 11.0. The van der Waals surface area contributed by atoms with Gasteiger partial charge in [-0.25, -0.2) is 17.7 Å². The van der Waals surface area contributed by atoms with Gasteiger partial charge in [0.15, 0.2) is 0 Å². The first kappa shape index (κ1) is 23.4. The molecule has 1 amide bonds. The summed E-state index contributed by atoms with van der Waals surface area (Å²) in [4.78, 5) is 20.1. The molecule has 8 heteroatoms. The van der Waals surface area contributed by atoms with Crippen molar-refractivity contribution in [2.75, 3.05) is 20.6 Å². The lowest BCUT2D eigenvalue weighted by molar-refractivity contribution is -0.132. The van der Waals surface area contributed by atoms with Crippen molar-refractivity contribution < 1.29 is 13.2 Å². The number of carbonyl (C=O) groups excluding carboxylic acids is 1. The van der Waals surface area contributed by atoms with E-state index in [4.69, 9.17) is 4.98 Å². The molecule has 2 aromatic carbocycles. The molecule has 1 aromatic heterocycles. The van der Waals surface area contributed by atoms with Crippen LogP contribution in [0.3, 0.4) is 0 Å². The molecule has 1 saturated heterocycles. The van der Waals surface area contributed by atoms with E-state index in [1.807, 2.05) is 11.8 Å².